The molecule has 1 unspecified atom stereocenters. The number of nitrogens with zero attached hydrogens (tertiary/aromatic N) is 2. The smallest absolute Gasteiger partial charge is 0.226 e. The first-order valence-electron chi connectivity index (χ1n) is 9.19. The van der Waals surface area contributed by atoms with Crippen LogP contribution in [0.3, 0.4) is 0 Å². The fraction of sp³-hybridized carbons (Fsp3) is 0.273. The fourth-order valence-corrected chi connectivity index (χ4v) is 3.66. The monoisotopic (exact) mass is 377 g/mol. The molecule has 2 aromatic carbocycles. The van der Waals surface area contributed by atoms with E-state index in [4.69, 9.17) is 9.47 Å². The molecule has 28 heavy (non-hydrogen) atoms. The number of benzene rings is 2. The number of ether oxygens (including phenoxy) is 2. The van der Waals surface area contributed by atoms with Gasteiger partial charge in [-0.2, -0.15) is 5.10 Å². The molecule has 6 nitrogen and oxygen atoms in total. The lowest BCUT2D eigenvalue weighted by Crippen LogP contribution is -2.24. The van der Waals surface area contributed by atoms with E-state index in [0.717, 1.165) is 16.8 Å². The van der Waals surface area contributed by atoms with E-state index in [-0.39, 0.29) is 11.8 Å². The van der Waals surface area contributed by atoms with Crippen molar-refractivity contribution >= 4 is 11.7 Å². The maximum Gasteiger partial charge on any atom is 0.226 e. The van der Waals surface area contributed by atoms with Gasteiger partial charge in [0, 0.05) is 29.5 Å². The van der Waals surface area contributed by atoms with Crippen LogP contribution in [0, 0.1) is 13.8 Å². The molecule has 0 aliphatic carbocycles. The molecular weight excluding hydrogens is 354 g/mol. The van der Waals surface area contributed by atoms with Gasteiger partial charge in [0.1, 0.15) is 17.3 Å². The summed E-state index contributed by atoms with van der Waals surface area (Å²) in [5.41, 5.74) is 5.24. The summed E-state index contributed by atoms with van der Waals surface area (Å²) in [4.78, 5) is 12.5. The zero-order chi connectivity index (χ0) is 19.8. The lowest BCUT2D eigenvalue weighted by atomic mass is 9.86. The van der Waals surface area contributed by atoms with Crippen LogP contribution in [-0.2, 0) is 4.79 Å². The molecule has 144 valence electrons. The van der Waals surface area contributed by atoms with Crippen molar-refractivity contribution in [2.45, 2.75) is 26.2 Å². The predicted octanol–water partition coefficient (Wildman–Crippen LogP) is 3.98. The second-order valence-corrected chi connectivity index (χ2v) is 7.04. The van der Waals surface area contributed by atoms with E-state index in [1.165, 1.54) is 11.1 Å². The SMILES string of the molecule is COc1ccc(C2CC(=O)Nc3c2cnn3-c2ccc(C)c(C)c2)c(OC)c1. The van der Waals surface area contributed by atoms with Crippen molar-refractivity contribution in [3.8, 4) is 17.2 Å². The summed E-state index contributed by atoms with van der Waals surface area (Å²) in [5.74, 6) is 1.95. The van der Waals surface area contributed by atoms with E-state index in [1.807, 2.05) is 30.5 Å². The molecule has 1 aromatic heterocycles. The highest BCUT2D eigenvalue weighted by atomic mass is 16.5. The number of fused-ring (bicyclic) bond motifs is 1. The van der Waals surface area contributed by atoms with Crippen molar-refractivity contribution in [2.75, 3.05) is 19.5 Å². The Hall–Kier alpha value is -3.28. The Kier molecular flexibility index (Phi) is 4.55. The molecule has 2 heterocycles. The minimum absolute atomic E-state index is 0.0408. The third-order valence-corrected chi connectivity index (χ3v) is 5.37. The highest BCUT2D eigenvalue weighted by Gasteiger charge is 2.32. The van der Waals surface area contributed by atoms with Gasteiger partial charge in [-0.15, -0.1) is 0 Å². The summed E-state index contributed by atoms with van der Waals surface area (Å²) in [6.45, 7) is 4.14. The van der Waals surface area contributed by atoms with Gasteiger partial charge in [-0.1, -0.05) is 12.1 Å². The number of rotatable bonds is 4. The third kappa shape index (κ3) is 3.01. The van der Waals surface area contributed by atoms with Gasteiger partial charge in [-0.3, -0.25) is 4.79 Å². The first-order valence-corrected chi connectivity index (χ1v) is 9.19. The molecule has 1 N–H and O–H groups in total. The number of nitrogens with one attached hydrogen (secondary N) is 1. The number of anilines is 1. The summed E-state index contributed by atoms with van der Waals surface area (Å²) < 4.78 is 12.7. The molecule has 0 radical (unpaired) electrons. The zero-order valence-electron chi connectivity index (χ0n) is 16.4. The van der Waals surface area contributed by atoms with E-state index in [9.17, 15) is 4.79 Å². The zero-order valence-corrected chi connectivity index (χ0v) is 16.4. The molecule has 4 rings (SSSR count). The van der Waals surface area contributed by atoms with Crippen LogP contribution in [0.15, 0.2) is 42.6 Å². The van der Waals surface area contributed by atoms with Crippen molar-refractivity contribution in [2.24, 2.45) is 0 Å². The largest absolute Gasteiger partial charge is 0.497 e. The van der Waals surface area contributed by atoms with Crippen LogP contribution >= 0.6 is 0 Å². The number of carbonyl (C=O) groups is 1. The van der Waals surface area contributed by atoms with Crippen LogP contribution in [-0.4, -0.2) is 29.9 Å². The summed E-state index contributed by atoms with van der Waals surface area (Å²) in [6.07, 6.45) is 2.17. The molecule has 0 fully saturated rings. The molecule has 0 saturated heterocycles. The maximum atomic E-state index is 12.5. The lowest BCUT2D eigenvalue weighted by molar-refractivity contribution is -0.116. The van der Waals surface area contributed by atoms with Gasteiger partial charge in [0.2, 0.25) is 5.91 Å². The Morgan fingerprint density at radius 3 is 2.57 bits per heavy atom. The van der Waals surface area contributed by atoms with Crippen LogP contribution in [0.2, 0.25) is 0 Å². The quantitative estimate of drug-likeness (QED) is 0.747. The third-order valence-electron chi connectivity index (χ3n) is 5.37. The Morgan fingerprint density at radius 2 is 1.86 bits per heavy atom. The number of hydrogen-bond acceptors (Lipinski definition) is 4. The van der Waals surface area contributed by atoms with E-state index in [0.29, 0.717) is 23.7 Å². The minimum Gasteiger partial charge on any atom is -0.497 e. The molecule has 0 spiro atoms. The Morgan fingerprint density at radius 1 is 1.04 bits per heavy atom. The molecule has 6 heteroatoms. The Labute approximate surface area is 164 Å². The van der Waals surface area contributed by atoms with Crippen LogP contribution in [0.5, 0.6) is 11.5 Å². The number of carbonyl (C=O) groups excluding carboxylic acids is 1. The van der Waals surface area contributed by atoms with Crippen LogP contribution < -0.4 is 14.8 Å². The highest BCUT2D eigenvalue weighted by molar-refractivity contribution is 5.94. The van der Waals surface area contributed by atoms with E-state index in [1.54, 1.807) is 18.9 Å². The second-order valence-electron chi connectivity index (χ2n) is 7.04. The molecular formula is C22H23N3O3. The maximum absolute atomic E-state index is 12.5. The Bertz CT molecular complexity index is 1060. The summed E-state index contributed by atoms with van der Waals surface area (Å²) in [6, 6.07) is 11.8. The van der Waals surface area contributed by atoms with Gasteiger partial charge in [0.15, 0.2) is 0 Å². The van der Waals surface area contributed by atoms with Crippen molar-refractivity contribution in [1.82, 2.24) is 9.78 Å². The lowest BCUT2D eigenvalue weighted by Gasteiger charge is -2.25. The summed E-state index contributed by atoms with van der Waals surface area (Å²) >= 11 is 0. The van der Waals surface area contributed by atoms with Crippen molar-refractivity contribution in [1.29, 1.82) is 0 Å². The summed E-state index contributed by atoms with van der Waals surface area (Å²) in [7, 11) is 3.24. The van der Waals surface area contributed by atoms with Gasteiger partial charge < -0.3 is 14.8 Å². The van der Waals surface area contributed by atoms with Crippen LogP contribution in [0.4, 0.5) is 5.82 Å². The average Bonchev–Trinajstić information content (AvgIpc) is 3.12. The fourth-order valence-electron chi connectivity index (χ4n) is 3.66. The minimum atomic E-state index is -0.134. The average molecular weight is 377 g/mol. The predicted molar refractivity (Wildman–Crippen MR) is 108 cm³/mol. The van der Waals surface area contributed by atoms with Gasteiger partial charge in [0.05, 0.1) is 26.1 Å². The topological polar surface area (TPSA) is 65.4 Å². The van der Waals surface area contributed by atoms with Crippen molar-refractivity contribution in [3.05, 3.63) is 64.8 Å². The molecule has 3 aromatic rings. The summed E-state index contributed by atoms with van der Waals surface area (Å²) in [5, 5.41) is 7.57. The van der Waals surface area contributed by atoms with E-state index < -0.39 is 0 Å². The van der Waals surface area contributed by atoms with E-state index >= 15 is 0 Å². The molecule has 1 atom stereocenters. The second kappa shape index (κ2) is 7.03. The van der Waals surface area contributed by atoms with Gasteiger partial charge >= 0.3 is 0 Å². The number of aromatic nitrogens is 2. The van der Waals surface area contributed by atoms with Crippen LogP contribution in [0.25, 0.3) is 5.69 Å². The first-order chi connectivity index (χ1) is 13.5. The van der Waals surface area contributed by atoms with Crippen LogP contribution in [0.1, 0.15) is 34.6 Å². The Balaban J connectivity index is 1.82. The molecule has 0 saturated carbocycles. The first kappa shape index (κ1) is 18.1. The van der Waals surface area contributed by atoms with E-state index in [2.05, 4.69) is 36.4 Å². The van der Waals surface area contributed by atoms with Gasteiger partial charge in [-0.05, 0) is 43.2 Å². The molecule has 1 amide bonds. The molecule has 1 aliphatic heterocycles. The highest BCUT2D eigenvalue weighted by Crippen LogP contribution is 2.42. The molecule has 0 bridgehead atoms. The standard InChI is InChI=1S/C22H23N3O3/c1-13-5-6-15(9-14(13)2)25-22-19(12-23-25)18(11-21(26)24-22)17-8-7-16(27-3)10-20(17)28-4/h5-10,12,18H,11H2,1-4H3,(H,24,26). The molecule has 1 aliphatic rings. The van der Waals surface area contributed by atoms with Gasteiger partial charge in [-0.25, -0.2) is 4.68 Å². The van der Waals surface area contributed by atoms with Crippen molar-refractivity contribution in [3.63, 3.8) is 0 Å². The number of methoxy groups -OCH3 is 2. The van der Waals surface area contributed by atoms with Gasteiger partial charge in [0.25, 0.3) is 0 Å². The van der Waals surface area contributed by atoms with Crippen molar-refractivity contribution < 1.29 is 14.3 Å². The number of aryl methyl sites for hydroxylation is 2. The normalized spacial score (nSPS) is 15.7. The number of amides is 1. The number of hydrogen-bond donors (Lipinski definition) is 1.